The summed E-state index contributed by atoms with van der Waals surface area (Å²) in [6, 6.07) is 5.84. The summed E-state index contributed by atoms with van der Waals surface area (Å²) in [5.74, 6) is 0.634. The van der Waals surface area contributed by atoms with Gasteiger partial charge in [-0.1, -0.05) is 11.6 Å². The molecule has 0 bridgehead atoms. The van der Waals surface area contributed by atoms with Crippen molar-refractivity contribution in [2.45, 2.75) is 25.7 Å². The number of aromatic amines is 1. The molecular formula is C14H14ClNO. The van der Waals surface area contributed by atoms with Crippen LogP contribution in [0.5, 0.6) is 0 Å². The van der Waals surface area contributed by atoms with E-state index in [1.54, 1.807) is 0 Å². The van der Waals surface area contributed by atoms with Crippen LogP contribution in [0.25, 0.3) is 10.9 Å². The molecule has 0 radical (unpaired) electrons. The molecule has 1 aromatic heterocycles. The molecule has 2 aromatic rings. The van der Waals surface area contributed by atoms with Gasteiger partial charge in [-0.25, -0.2) is 0 Å². The molecule has 3 rings (SSSR count). The molecule has 2 nitrogen and oxygen atoms in total. The van der Waals surface area contributed by atoms with Gasteiger partial charge in [0.05, 0.1) is 0 Å². The minimum Gasteiger partial charge on any atom is -0.361 e. The van der Waals surface area contributed by atoms with Gasteiger partial charge < -0.3 is 4.98 Å². The average molecular weight is 248 g/mol. The number of Topliss-reactive ketones (excluding diaryl/α,β-unsaturated/α-hetero) is 1. The Kier molecular flexibility index (Phi) is 2.67. The zero-order valence-corrected chi connectivity index (χ0v) is 10.3. The maximum atomic E-state index is 11.7. The first kappa shape index (κ1) is 10.8. The molecular weight excluding hydrogens is 234 g/mol. The van der Waals surface area contributed by atoms with E-state index in [0.717, 1.165) is 41.6 Å². The Balaban J connectivity index is 1.94. The Morgan fingerprint density at radius 2 is 2.29 bits per heavy atom. The third-order valence-corrected chi connectivity index (χ3v) is 3.86. The number of ketones is 1. The fourth-order valence-electron chi connectivity index (χ4n) is 2.69. The van der Waals surface area contributed by atoms with Gasteiger partial charge in [0.1, 0.15) is 5.78 Å². The van der Waals surface area contributed by atoms with Gasteiger partial charge in [-0.3, -0.25) is 4.79 Å². The molecule has 0 spiro atoms. The van der Waals surface area contributed by atoms with Gasteiger partial charge in [-0.05, 0) is 43.0 Å². The van der Waals surface area contributed by atoms with Crippen LogP contribution in [0, 0.1) is 5.92 Å². The van der Waals surface area contributed by atoms with Crippen molar-refractivity contribution in [2.24, 2.45) is 5.92 Å². The molecule has 1 saturated carbocycles. The monoisotopic (exact) mass is 247 g/mol. The van der Waals surface area contributed by atoms with Gasteiger partial charge in [0.2, 0.25) is 0 Å². The lowest BCUT2D eigenvalue weighted by molar-refractivity contribution is -0.120. The Morgan fingerprint density at radius 3 is 3.06 bits per heavy atom. The largest absolute Gasteiger partial charge is 0.361 e. The van der Waals surface area contributed by atoms with E-state index in [9.17, 15) is 4.79 Å². The number of aromatic nitrogens is 1. The number of carbonyl (C=O) groups is 1. The van der Waals surface area contributed by atoms with Gasteiger partial charge in [0.15, 0.2) is 0 Å². The molecule has 1 heterocycles. The molecule has 0 aliphatic heterocycles. The Labute approximate surface area is 105 Å². The third kappa shape index (κ3) is 1.98. The number of halogens is 1. The maximum absolute atomic E-state index is 11.7. The van der Waals surface area contributed by atoms with Crippen molar-refractivity contribution < 1.29 is 4.79 Å². The van der Waals surface area contributed by atoms with Crippen LogP contribution in [-0.2, 0) is 11.2 Å². The minimum atomic E-state index is 0.216. The Hall–Kier alpha value is -1.28. The molecule has 1 aliphatic rings. The number of fused-ring (bicyclic) bond motifs is 1. The number of hydrogen-bond donors (Lipinski definition) is 1. The highest BCUT2D eigenvalue weighted by Gasteiger charge is 2.25. The van der Waals surface area contributed by atoms with Crippen molar-refractivity contribution in [1.82, 2.24) is 4.98 Å². The highest BCUT2D eigenvalue weighted by Crippen LogP contribution is 2.29. The van der Waals surface area contributed by atoms with E-state index in [-0.39, 0.29) is 5.92 Å². The number of benzene rings is 1. The van der Waals surface area contributed by atoms with E-state index in [4.69, 9.17) is 11.6 Å². The van der Waals surface area contributed by atoms with Crippen molar-refractivity contribution in [1.29, 1.82) is 0 Å². The summed E-state index contributed by atoms with van der Waals surface area (Å²) < 4.78 is 0. The summed E-state index contributed by atoms with van der Waals surface area (Å²) in [6.45, 7) is 0. The van der Waals surface area contributed by atoms with Gasteiger partial charge in [0, 0.05) is 34.5 Å². The SMILES string of the molecule is O=C1CCCC1Cc1c[nH]c2ccc(Cl)cc12. The summed E-state index contributed by atoms with van der Waals surface area (Å²) in [5.41, 5.74) is 2.30. The van der Waals surface area contributed by atoms with E-state index < -0.39 is 0 Å². The fourth-order valence-corrected chi connectivity index (χ4v) is 2.86. The van der Waals surface area contributed by atoms with Crippen LogP contribution >= 0.6 is 11.6 Å². The summed E-state index contributed by atoms with van der Waals surface area (Å²) in [7, 11) is 0. The second kappa shape index (κ2) is 4.19. The number of nitrogens with one attached hydrogen (secondary N) is 1. The lowest BCUT2D eigenvalue weighted by atomic mass is 9.97. The maximum Gasteiger partial charge on any atom is 0.136 e. The average Bonchev–Trinajstić information content (AvgIpc) is 2.88. The topological polar surface area (TPSA) is 32.9 Å². The highest BCUT2D eigenvalue weighted by atomic mass is 35.5. The molecule has 17 heavy (non-hydrogen) atoms. The van der Waals surface area contributed by atoms with Crippen molar-refractivity contribution in [3.05, 3.63) is 35.0 Å². The molecule has 0 saturated heterocycles. The first-order chi connectivity index (χ1) is 8.24. The molecule has 1 atom stereocenters. The van der Waals surface area contributed by atoms with Crippen LogP contribution in [0.2, 0.25) is 5.02 Å². The molecule has 88 valence electrons. The molecule has 0 amide bonds. The first-order valence-electron chi connectivity index (χ1n) is 6.02. The third-order valence-electron chi connectivity index (χ3n) is 3.63. The smallest absolute Gasteiger partial charge is 0.136 e. The molecule has 3 heteroatoms. The summed E-state index contributed by atoms with van der Waals surface area (Å²) in [6.07, 6.45) is 5.69. The van der Waals surface area contributed by atoms with Crippen molar-refractivity contribution in [3.8, 4) is 0 Å². The number of hydrogen-bond acceptors (Lipinski definition) is 1. The van der Waals surface area contributed by atoms with Gasteiger partial charge in [-0.2, -0.15) is 0 Å². The van der Waals surface area contributed by atoms with Crippen LogP contribution < -0.4 is 0 Å². The predicted molar refractivity (Wildman–Crippen MR) is 69.4 cm³/mol. The quantitative estimate of drug-likeness (QED) is 0.862. The summed E-state index contributed by atoms with van der Waals surface area (Å²) >= 11 is 6.01. The van der Waals surface area contributed by atoms with Crippen LogP contribution in [-0.4, -0.2) is 10.8 Å². The fraction of sp³-hybridized carbons (Fsp3) is 0.357. The Bertz CT molecular complexity index is 573. The van der Waals surface area contributed by atoms with E-state index >= 15 is 0 Å². The standard InChI is InChI=1S/C14H14ClNO/c15-11-4-5-13-12(7-11)10(8-16-13)6-9-2-1-3-14(9)17/h4-5,7-9,16H,1-3,6H2. The normalized spacial score (nSPS) is 20.3. The predicted octanol–water partition coefficient (Wildman–Crippen LogP) is 3.73. The lowest BCUT2D eigenvalue weighted by Gasteiger charge is -2.06. The summed E-state index contributed by atoms with van der Waals surface area (Å²) in [5, 5.41) is 1.90. The van der Waals surface area contributed by atoms with Crippen LogP contribution in [0.1, 0.15) is 24.8 Å². The van der Waals surface area contributed by atoms with Crippen molar-refractivity contribution in [2.75, 3.05) is 0 Å². The zero-order valence-electron chi connectivity index (χ0n) is 9.50. The number of carbonyl (C=O) groups excluding carboxylic acids is 1. The van der Waals surface area contributed by atoms with E-state index in [0.29, 0.717) is 5.78 Å². The molecule has 1 aromatic carbocycles. The second-order valence-corrected chi connectivity index (χ2v) is 5.20. The zero-order chi connectivity index (χ0) is 11.8. The second-order valence-electron chi connectivity index (χ2n) is 4.76. The number of H-pyrrole nitrogens is 1. The summed E-state index contributed by atoms with van der Waals surface area (Å²) in [4.78, 5) is 14.9. The molecule has 1 aliphatic carbocycles. The van der Waals surface area contributed by atoms with Gasteiger partial charge in [0.25, 0.3) is 0 Å². The van der Waals surface area contributed by atoms with E-state index in [1.807, 2.05) is 24.4 Å². The van der Waals surface area contributed by atoms with E-state index in [1.165, 1.54) is 5.56 Å². The molecule has 1 fully saturated rings. The Morgan fingerprint density at radius 1 is 1.41 bits per heavy atom. The van der Waals surface area contributed by atoms with E-state index in [2.05, 4.69) is 4.98 Å². The first-order valence-corrected chi connectivity index (χ1v) is 6.40. The van der Waals surface area contributed by atoms with Crippen LogP contribution in [0.3, 0.4) is 0 Å². The molecule has 1 unspecified atom stereocenters. The minimum absolute atomic E-state index is 0.216. The van der Waals surface area contributed by atoms with Crippen LogP contribution in [0.15, 0.2) is 24.4 Å². The van der Waals surface area contributed by atoms with Crippen molar-refractivity contribution in [3.63, 3.8) is 0 Å². The lowest BCUT2D eigenvalue weighted by Crippen LogP contribution is -2.09. The van der Waals surface area contributed by atoms with Crippen LogP contribution in [0.4, 0.5) is 0 Å². The van der Waals surface area contributed by atoms with Gasteiger partial charge in [-0.15, -0.1) is 0 Å². The highest BCUT2D eigenvalue weighted by molar-refractivity contribution is 6.31. The number of rotatable bonds is 2. The van der Waals surface area contributed by atoms with Crippen molar-refractivity contribution >= 4 is 28.3 Å². The molecule has 1 N–H and O–H groups in total. The van der Waals surface area contributed by atoms with Gasteiger partial charge >= 0.3 is 0 Å².